The van der Waals surface area contributed by atoms with E-state index in [9.17, 15) is 9.59 Å². The fourth-order valence-electron chi connectivity index (χ4n) is 3.16. The number of esters is 1. The summed E-state index contributed by atoms with van der Waals surface area (Å²) in [5.74, 6) is 1.42. The molecule has 0 radical (unpaired) electrons. The molecule has 0 atom stereocenters. The Morgan fingerprint density at radius 3 is 2.52 bits per heavy atom. The minimum atomic E-state index is -0.384. The molecule has 3 aromatic rings. The average molecular weight is 416 g/mol. The van der Waals surface area contributed by atoms with Crippen LogP contribution in [0.1, 0.15) is 31.8 Å². The molecule has 0 N–H and O–H groups in total. The first-order valence-electron chi connectivity index (χ1n) is 9.60. The lowest BCUT2D eigenvalue weighted by Crippen LogP contribution is -2.02. The van der Waals surface area contributed by atoms with Crippen molar-refractivity contribution in [1.82, 2.24) is 0 Å². The molecular formula is C25H20O6. The lowest BCUT2D eigenvalue weighted by Gasteiger charge is -2.08. The summed E-state index contributed by atoms with van der Waals surface area (Å²) in [7, 11) is 2.94. The van der Waals surface area contributed by atoms with E-state index in [1.54, 1.807) is 55.7 Å². The molecule has 0 aliphatic carbocycles. The monoisotopic (exact) mass is 416 g/mol. The molecule has 6 nitrogen and oxygen atoms in total. The minimum Gasteiger partial charge on any atom is -0.497 e. The molecule has 0 saturated carbocycles. The van der Waals surface area contributed by atoms with Crippen molar-refractivity contribution in [2.45, 2.75) is 6.61 Å². The van der Waals surface area contributed by atoms with Crippen LogP contribution in [0.5, 0.6) is 17.2 Å². The van der Waals surface area contributed by atoms with Crippen molar-refractivity contribution in [2.24, 2.45) is 0 Å². The van der Waals surface area contributed by atoms with Crippen LogP contribution in [0, 0.1) is 0 Å². The molecule has 6 heteroatoms. The third-order valence-electron chi connectivity index (χ3n) is 4.81. The second kappa shape index (κ2) is 8.75. The number of Topliss-reactive ketones (excluding diaryl/α,β-unsaturated/α-hetero) is 1. The number of hydrogen-bond donors (Lipinski definition) is 0. The number of carbonyl (C=O) groups excluding carboxylic acids is 2. The SMILES string of the molecule is COC(=O)c1ccc(COc2ccc3c(c2)O/C(=C/c2cccc(OC)c2)C3=O)cc1. The highest BCUT2D eigenvalue weighted by Gasteiger charge is 2.27. The summed E-state index contributed by atoms with van der Waals surface area (Å²) in [5, 5.41) is 0. The largest absolute Gasteiger partial charge is 0.497 e. The first-order chi connectivity index (χ1) is 15.1. The van der Waals surface area contributed by atoms with Gasteiger partial charge in [0, 0.05) is 6.07 Å². The second-order valence-electron chi connectivity index (χ2n) is 6.85. The number of hydrogen-bond acceptors (Lipinski definition) is 6. The summed E-state index contributed by atoms with van der Waals surface area (Å²) in [6.45, 7) is 0.306. The van der Waals surface area contributed by atoms with Gasteiger partial charge in [-0.3, -0.25) is 4.79 Å². The van der Waals surface area contributed by atoms with Crippen LogP contribution >= 0.6 is 0 Å². The smallest absolute Gasteiger partial charge is 0.337 e. The summed E-state index contributed by atoms with van der Waals surface area (Å²) in [4.78, 5) is 24.2. The molecule has 0 fully saturated rings. The van der Waals surface area contributed by atoms with Gasteiger partial charge in [0.05, 0.1) is 25.3 Å². The van der Waals surface area contributed by atoms with Crippen LogP contribution in [0.4, 0.5) is 0 Å². The number of allylic oxidation sites excluding steroid dienone is 1. The van der Waals surface area contributed by atoms with E-state index in [0.717, 1.165) is 11.1 Å². The Morgan fingerprint density at radius 2 is 1.77 bits per heavy atom. The molecule has 31 heavy (non-hydrogen) atoms. The zero-order chi connectivity index (χ0) is 21.8. The fourth-order valence-corrected chi connectivity index (χ4v) is 3.16. The van der Waals surface area contributed by atoms with Crippen LogP contribution < -0.4 is 14.2 Å². The van der Waals surface area contributed by atoms with Gasteiger partial charge in [0.1, 0.15) is 23.9 Å². The molecule has 0 bridgehead atoms. The zero-order valence-corrected chi connectivity index (χ0v) is 17.1. The van der Waals surface area contributed by atoms with Crippen molar-refractivity contribution < 1.29 is 28.5 Å². The lowest BCUT2D eigenvalue weighted by atomic mass is 10.1. The van der Waals surface area contributed by atoms with Crippen LogP contribution in [-0.2, 0) is 11.3 Å². The Kier molecular flexibility index (Phi) is 5.71. The van der Waals surface area contributed by atoms with Gasteiger partial charge in [-0.25, -0.2) is 4.79 Å². The quantitative estimate of drug-likeness (QED) is 0.429. The number of ketones is 1. The Morgan fingerprint density at radius 1 is 0.968 bits per heavy atom. The summed E-state index contributed by atoms with van der Waals surface area (Å²) < 4.78 is 21.5. The highest BCUT2D eigenvalue weighted by atomic mass is 16.5. The molecule has 0 amide bonds. The van der Waals surface area contributed by atoms with E-state index in [2.05, 4.69) is 0 Å². The number of rotatable bonds is 6. The van der Waals surface area contributed by atoms with Gasteiger partial charge in [-0.2, -0.15) is 0 Å². The third-order valence-corrected chi connectivity index (χ3v) is 4.81. The Bertz CT molecular complexity index is 1160. The molecular weight excluding hydrogens is 396 g/mol. The normalized spacial score (nSPS) is 13.5. The molecule has 0 unspecified atom stereocenters. The van der Waals surface area contributed by atoms with E-state index in [0.29, 0.717) is 35.0 Å². The molecule has 1 aliphatic heterocycles. The average Bonchev–Trinajstić information content (AvgIpc) is 3.12. The van der Waals surface area contributed by atoms with Crippen LogP contribution in [0.2, 0.25) is 0 Å². The van der Waals surface area contributed by atoms with Crippen molar-refractivity contribution in [3.05, 3.63) is 94.7 Å². The van der Waals surface area contributed by atoms with E-state index in [1.165, 1.54) is 7.11 Å². The molecule has 156 valence electrons. The maximum Gasteiger partial charge on any atom is 0.337 e. The number of benzene rings is 3. The van der Waals surface area contributed by atoms with Gasteiger partial charge in [-0.05, 0) is 53.6 Å². The lowest BCUT2D eigenvalue weighted by molar-refractivity contribution is 0.0600. The summed E-state index contributed by atoms with van der Waals surface area (Å²) in [6.07, 6.45) is 1.69. The standard InChI is InChI=1S/C25H20O6/c1-28-19-5-3-4-17(12-19)13-23-24(26)21-11-10-20(14-22(21)31-23)30-15-16-6-8-18(9-7-16)25(27)29-2/h3-14H,15H2,1-2H3/b23-13+. The highest BCUT2D eigenvalue weighted by Crippen LogP contribution is 2.35. The Balaban J connectivity index is 1.45. The van der Waals surface area contributed by atoms with Crippen molar-refractivity contribution in [3.63, 3.8) is 0 Å². The Labute approximate surface area is 179 Å². The fraction of sp³-hybridized carbons (Fsp3) is 0.120. The number of fused-ring (bicyclic) bond motifs is 1. The van der Waals surface area contributed by atoms with Crippen LogP contribution in [0.3, 0.4) is 0 Å². The predicted octanol–water partition coefficient (Wildman–Crippen LogP) is 4.68. The molecule has 1 aliphatic rings. The number of carbonyl (C=O) groups is 2. The van der Waals surface area contributed by atoms with E-state index >= 15 is 0 Å². The molecule has 0 aromatic heterocycles. The predicted molar refractivity (Wildman–Crippen MR) is 114 cm³/mol. The molecule has 1 heterocycles. The molecule has 3 aromatic carbocycles. The second-order valence-corrected chi connectivity index (χ2v) is 6.85. The summed E-state index contributed by atoms with van der Waals surface area (Å²) >= 11 is 0. The van der Waals surface area contributed by atoms with Gasteiger partial charge < -0.3 is 18.9 Å². The van der Waals surface area contributed by atoms with Crippen LogP contribution in [0.25, 0.3) is 6.08 Å². The van der Waals surface area contributed by atoms with Gasteiger partial charge in [0.15, 0.2) is 5.76 Å². The van der Waals surface area contributed by atoms with Crippen LogP contribution in [-0.4, -0.2) is 26.0 Å². The van der Waals surface area contributed by atoms with Gasteiger partial charge in [0.25, 0.3) is 0 Å². The molecule has 0 saturated heterocycles. The van der Waals surface area contributed by atoms with E-state index in [1.807, 2.05) is 24.3 Å². The van der Waals surface area contributed by atoms with Gasteiger partial charge in [-0.1, -0.05) is 24.3 Å². The Hall–Kier alpha value is -4.06. The number of ether oxygens (including phenoxy) is 4. The molecule has 0 spiro atoms. The van der Waals surface area contributed by atoms with Crippen molar-refractivity contribution in [1.29, 1.82) is 0 Å². The van der Waals surface area contributed by atoms with Crippen LogP contribution in [0.15, 0.2) is 72.5 Å². The summed E-state index contributed by atoms with van der Waals surface area (Å²) in [6, 6.07) is 19.5. The molecule has 4 rings (SSSR count). The minimum absolute atomic E-state index is 0.178. The number of methoxy groups -OCH3 is 2. The highest BCUT2D eigenvalue weighted by molar-refractivity contribution is 6.14. The van der Waals surface area contributed by atoms with E-state index in [-0.39, 0.29) is 17.5 Å². The van der Waals surface area contributed by atoms with Gasteiger partial charge >= 0.3 is 5.97 Å². The first kappa shape index (κ1) is 20.2. The van der Waals surface area contributed by atoms with Gasteiger partial charge in [0.2, 0.25) is 5.78 Å². The van der Waals surface area contributed by atoms with Gasteiger partial charge in [-0.15, -0.1) is 0 Å². The zero-order valence-electron chi connectivity index (χ0n) is 17.1. The topological polar surface area (TPSA) is 71.1 Å². The van der Waals surface area contributed by atoms with Crippen molar-refractivity contribution in [2.75, 3.05) is 14.2 Å². The van der Waals surface area contributed by atoms with Crippen molar-refractivity contribution >= 4 is 17.8 Å². The third kappa shape index (κ3) is 4.43. The van der Waals surface area contributed by atoms with E-state index in [4.69, 9.17) is 18.9 Å². The van der Waals surface area contributed by atoms with E-state index < -0.39 is 0 Å². The summed E-state index contributed by atoms with van der Waals surface area (Å²) in [5.41, 5.74) is 2.67. The van der Waals surface area contributed by atoms with Crippen molar-refractivity contribution in [3.8, 4) is 17.2 Å². The first-order valence-corrected chi connectivity index (χ1v) is 9.60. The maximum absolute atomic E-state index is 12.7. The maximum atomic E-state index is 12.7.